The molecule has 1 aromatic rings. The zero-order chi connectivity index (χ0) is 25.5. The molecule has 0 spiro atoms. The summed E-state index contributed by atoms with van der Waals surface area (Å²) in [5.74, 6) is -1.02. The molecule has 8 nitrogen and oxygen atoms in total. The maximum atomic E-state index is 12.9. The van der Waals surface area contributed by atoms with E-state index >= 15 is 0 Å². The number of phenolic OH excluding ortho intramolecular Hbond substituents is 1. The third-order valence-electron chi connectivity index (χ3n) is 6.02. The van der Waals surface area contributed by atoms with Crippen molar-refractivity contribution in [2.45, 2.75) is 78.4 Å². The summed E-state index contributed by atoms with van der Waals surface area (Å²) in [6.45, 7) is 12.1. The maximum absolute atomic E-state index is 12.9. The molecule has 0 aromatic heterocycles. The Kier molecular flexibility index (Phi) is 10.5. The SMILES string of the molecule is C=C(C)[C@@H]1CCC(C)=C[C@H]1c1c(O)cc(CCCCC)cc1OC(=O)C(NCC)OP(=O)(O)O. The topological polar surface area (TPSA) is 125 Å². The Hall–Kier alpha value is -1.96. The number of aryl methyl sites for hydroxylation is 1. The molecule has 0 saturated heterocycles. The van der Waals surface area contributed by atoms with E-state index in [0.29, 0.717) is 12.0 Å². The summed E-state index contributed by atoms with van der Waals surface area (Å²) in [5, 5.41) is 13.7. The highest BCUT2D eigenvalue weighted by atomic mass is 31.2. The van der Waals surface area contributed by atoms with Crippen molar-refractivity contribution in [1.29, 1.82) is 0 Å². The van der Waals surface area contributed by atoms with Crippen LogP contribution in [0.3, 0.4) is 0 Å². The average Bonchev–Trinajstić information content (AvgIpc) is 2.72. The number of nitrogens with one attached hydrogen (secondary N) is 1. The van der Waals surface area contributed by atoms with Crippen molar-refractivity contribution in [2.75, 3.05) is 6.54 Å². The Labute approximate surface area is 202 Å². The van der Waals surface area contributed by atoms with Crippen LogP contribution in [-0.2, 0) is 20.3 Å². The summed E-state index contributed by atoms with van der Waals surface area (Å²) >= 11 is 0. The van der Waals surface area contributed by atoms with Crippen LogP contribution in [-0.4, -0.2) is 33.6 Å². The number of phosphoric acid groups is 1. The number of carbonyl (C=O) groups excluding carboxylic acids is 1. The highest BCUT2D eigenvalue weighted by Gasteiger charge is 2.34. The molecule has 1 unspecified atom stereocenters. The minimum Gasteiger partial charge on any atom is -0.507 e. The second-order valence-corrected chi connectivity index (χ2v) is 10.2. The minimum absolute atomic E-state index is 0.0231. The number of unbranched alkanes of at least 4 members (excludes halogenated alkanes) is 2. The maximum Gasteiger partial charge on any atom is 0.471 e. The number of allylic oxidation sites excluding steroid dienone is 3. The molecule has 34 heavy (non-hydrogen) atoms. The first-order chi connectivity index (χ1) is 16.0. The van der Waals surface area contributed by atoms with Gasteiger partial charge in [-0.2, -0.15) is 0 Å². The van der Waals surface area contributed by atoms with E-state index in [0.717, 1.165) is 43.2 Å². The fraction of sp³-hybridized carbons (Fsp3) is 0.560. The number of rotatable bonds is 12. The molecule has 9 heteroatoms. The lowest BCUT2D eigenvalue weighted by molar-refractivity contribution is -0.144. The van der Waals surface area contributed by atoms with E-state index < -0.39 is 20.0 Å². The number of hydrogen-bond donors (Lipinski definition) is 4. The third-order valence-corrected chi connectivity index (χ3v) is 6.50. The van der Waals surface area contributed by atoms with E-state index in [-0.39, 0.29) is 29.9 Å². The van der Waals surface area contributed by atoms with Gasteiger partial charge in [0.1, 0.15) is 11.5 Å². The minimum atomic E-state index is -4.95. The molecule has 0 fully saturated rings. The molecule has 0 radical (unpaired) electrons. The van der Waals surface area contributed by atoms with Crippen LogP contribution >= 0.6 is 7.82 Å². The van der Waals surface area contributed by atoms with E-state index in [4.69, 9.17) is 4.74 Å². The summed E-state index contributed by atoms with van der Waals surface area (Å²) in [7, 11) is -4.95. The number of likely N-dealkylation sites (N-methyl/N-ethyl adjacent to an activating group) is 1. The molecule has 1 aliphatic rings. The summed E-state index contributed by atoms with van der Waals surface area (Å²) < 4.78 is 21.6. The fourth-order valence-electron chi connectivity index (χ4n) is 4.36. The highest BCUT2D eigenvalue weighted by molar-refractivity contribution is 7.46. The van der Waals surface area contributed by atoms with Crippen LogP contribution in [0, 0.1) is 5.92 Å². The lowest BCUT2D eigenvalue weighted by Crippen LogP contribution is -2.41. The van der Waals surface area contributed by atoms with Crippen LogP contribution in [0.4, 0.5) is 0 Å². The number of aromatic hydroxyl groups is 1. The number of esters is 1. The van der Waals surface area contributed by atoms with Crippen LogP contribution in [0.15, 0.2) is 35.9 Å². The van der Waals surface area contributed by atoms with Crippen molar-refractivity contribution in [3.63, 3.8) is 0 Å². The molecule has 2 rings (SSSR count). The van der Waals surface area contributed by atoms with E-state index in [9.17, 15) is 24.3 Å². The molecule has 4 N–H and O–H groups in total. The normalized spacial score (nSPS) is 19.4. The van der Waals surface area contributed by atoms with Gasteiger partial charge >= 0.3 is 13.8 Å². The number of carbonyl (C=O) groups is 1. The van der Waals surface area contributed by atoms with Gasteiger partial charge in [0.25, 0.3) is 0 Å². The first-order valence-electron chi connectivity index (χ1n) is 11.8. The molecule has 0 amide bonds. The number of hydrogen-bond acceptors (Lipinski definition) is 6. The number of phenols is 1. The zero-order valence-corrected chi connectivity index (χ0v) is 21.4. The molecule has 0 saturated carbocycles. The van der Waals surface area contributed by atoms with Gasteiger partial charge in [-0.25, -0.2) is 9.36 Å². The molecule has 1 aliphatic carbocycles. The Balaban J connectivity index is 2.53. The molecular formula is C25H38NO7P. The van der Waals surface area contributed by atoms with Crippen molar-refractivity contribution >= 4 is 13.8 Å². The Bertz CT molecular complexity index is 953. The van der Waals surface area contributed by atoms with Crippen molar-refractivity contribution in [3.05, 3.63) is 47.1 Å². The monoisotopic (exact) mass is 495 g/mol. The fourth-order valence-corrected chi connectivity index (χ4v) is 4.80. The first-order valence-corrected chi connectivity index (χ1v) is 13.4. The van der Waals surface area contributed by atoms with E-state index in [2.05, 4.69) is 29.4 Å². The predicted octanol–water partition coefficient (Wildman–Crippen LogP) is 5.09. The molecule has 0 aliphatic heterocycles. The van der Waals surface area contributed by atoms with Crippen LogP contribution in [0.1, 0.15) is 76.8 Å². The third kappa shape index (κ3) is 8.07. The van der Waals surface area contributed by atoms with Crippen LogP contribution < -0.4 is 10.1 Å². The second-order valence-electron chi connectivity index (χ2n) is 8.97. The zero-order valence-electron chi connectivity index (χ0n) is 20.5. The first kappa shape index (κ1) is 28.3. The Morgan fingerprint density at radius 3 is 2.59 bits per heavy atom. The van der Waals surface area contributed by atoms with Crippen LogP contribution in [0.5, 0.6) is 11.5 Å². The Morgan fingerprint density at radius 2 is 2.00 bits per heavy atom. The smallest absolute Gasteiger partial charge is 0.471 e. The molecule has 0 bridgehead atoms. The van der Waals surface area contributed by atoms with Crippen molar-refractivity contribution in [1.82, 2.24) is 5.32 Å². The van der Waals surface area contributed by atoms with E-state index in [1.54, 1.807) is 19.1 Å². The van der Waals surface area contributed by atoms with Gasteiger partial charge in [0.2, 0.25) is 6.23 Å². The summed E-state index contributed by atoms with van der Waals surface area (Å²) in [6.07, 6.45) is 5.87. The van der Waals surface area contributed by atoms with Gasteiger partial charge in [0.05, 0.1) is 0 Å². The van der Waals surface area contributed by atoms with Crippen molar-refractivity contribution < 1.29 is 33.5 Å². The summed E-state index contributed by atoms with van der Waals surface area (Å²) in [6, 6.07) is 3.44. The lowest BCUT2D eigenvalue weighted by atomic mass is 9.73. The highest BCUT2D eigenvalue weighted by Crippen LogP contribution is 2.47. The second kappa shape index (κ2) is 12.7. The Morgan fingerprint density at radius 1 is 1.29 bits per heavy atom. The van der Waals surface area contributed by atoms with Gasteiger partial charge < -0.3 is 19.6 Å². The van der Waals surface area contributed by atoms with Gasteiger partial charge in [0.15, 0.2) is 0 Å². The van der Waals surface area contributed by atoms with Gasteiger partial charge in [-0.15, -0.1) is 0 Å². The van der Waals surface area contributed by atoms with Gasteiger partial charge in [0, 0.05) is 11.5 Å². The number of ether oxygens (including phenoxy) is 1. The molecule has 0 heterocycles. The van der Waals surface area contributed by atoms with E-state index in [1.165, 1.54) is 5.57 Å². The van der Waals surface area contributed by atoms with Gasteiger partial charge in [-0.05, 0) is 69.7 Å². The van der Waals surface area contributed by atoms with Crippen LogP contribution in [0.2, 0.25) is 0 Å². The van der Waals surface area contributed by atoms with E-state index in [1.807, 2.05) is 13.8 Å². The lowest BCUT2D eigenvalue weighted by Gasteiger charge is -2.32. The quantitative estimate of drug-likeness (QED) is 0.0789. The average molecular weight is 496 g/mol. The molecule has 190 valence electrons. The van der Waals surface area contributed by atoms with Crippen molar-refractivity contribution in [2.24, 2.45) is 5.92 Å². The summed E-state index contributed by atoms with van der Waals surface area (Å²) in [5.41, 5.74) is 3.41. The summed E-state index contributed by atoms with van der Waals surface area (Å²) in [4.78, 5) is 31.3. The van der Waals surface area contributed by atoms with Gasteiger partial charge in [-0.1, -0.05) is 50.5 Å². The van der Waals surface area contributed by atoms with Crippen molar-refractivity contribution in [3.8, 4) is 11.5 Å². The number of phosphoric ester groups is 1. The predicted molar refractivity (Wildman–Crippen MR) is 132 cm³/mol. The molecule has 1 aromatic carbocycles. The van der Waals surface area contributed by atoms with Crippen LogP contribution in [0.25, 0.3) is 0 Å². The molecule has 3 atom stereocenters. The van der Waals surface area contributed by atoms with Gasteiger partial charge in [-0.3, -0.25) is 9.84 Å². The largest absolute Gasteiger partial charge is 0.507 e. The number of benzene rings is 1. The molecular weight excluding hydrogens is 457 g/mol. The standard InChI is InChI=1S/C25H38NO7P/c1-6-8-9-10-18-14-21(27)23(20-13-17(5)11-12-19(20)16(3)4)22(15-18)32-25(28)24(26-7-2)33-34(29,30)31/h13-15,19-20,24,26-27H,3,6-12H2,1-2,4-5H3,(H2,29,30,31)/t19-,20+,24?/m0/s1.